The molecule has 0 aliphatic heterocycles. The molecule has 0 saturated carbocycles. The lowest BCUT2D eigenvalue weighted by Gasteiger charge is -2.09. The van der Waals surface area contributed by atoms with Gasteiger partial charge in [0.25, 0.3) is 0 Å². The van der Waals surface area contributed by atoms with Crippen molar-refractivity contribution in [3.63, 3.8) is 0 Å². The Morgan fingerprint density at radius 3 is 2.81 bits per heavy atom. The van der Waals surface area contributed by atoms with E-state index in [2.05, 4.69) is 15.3 Å². The van der Waals surface area contributed by atoms with Crippen LogP contribution in [-0.4, -0.2) is 28.3 Å². The third kappa shape index (κ3) is 3.02. The third-order valence-electron chi connectivity index (χ3n) is 4.05. The van der Waals surface area contributed by atoms with Gasteiger partial charge in [0.1, 0.15) is 12.1 Å². The summed E-state index contributed by atoms with van der Waals surface area (Å²) in [6.07, 6.45) is 1.46. The van der Waals surface area contributed by atoms with Crippen LogP contribution in [-0.2, 0) is 11.3 Å². The van der Waals surface area contributed by atoms with Gasteiger partial charge in [-0.15, -0.1) is 0 Å². The predicted octanol–water partition coefficient (Wildman–Crippen LogP) is 3.58. The lowest BCUT2D eigenvalue weighted by atomic mass is 10.2. The first-order valence-electron chi connectivity index (χ1n) is 7.95. The molecule has 0 fully saturated rings. The van der Waals surface area contributed by atoms with Gasteiger partial charge in [-0.2, -0.15) is 0 Å². The van der Waals surface area contributed by atoms with Crippen LogP contribution >= 0.6 is 11.6 Å². The fraction of sp³-hybridized carbons (Fsp3) is 0.167. The standard InChI is InChI=1S/C18H15ClN4O3/c1-25-7-6-23-15-8-13-14(9-16(15)26-18(23)24)20-10-21-17(13)22-12-4-2-11(19)3-5-12/h2-5,8-10H,6-7H2,1H3,(H,20,21,22). The summed E-state index contributed by atoms with van der Waals surface area (Å²) in [5.74, 6) is 0.207. The van der Waals surface area contributed by atoms with Gasteiger partial charge in [0, 0.05) is 29.3 Å². The van der Waals surface area contributed by atoms with E-state index in [0.29, 0.717) is 40.6 Å². The monoisotopic (exact) mass is 370 g/mol. The third-order valence-corrected chi connectivity index (χ3v) is 4.30. The smallest absolute Gasteiger partial charge is 0.408 e. The Balaban J connectivity index is 1.84. The number of methoxy groups -OCH3 is 1. The Morgan fingerprint density at radius 2 is 2.04 bits per heavy atom. The molecule has 0 aliphatic carbocycles. The number of benzene rings is 2. The summed E-state index contributed by atoms with van der Waals surface area (Å²) in [4.78, 5) is 20.7. The first-order valence-corrected chi connectivity index (χ1v) is 8.33. The fourth-order valence-electron chi connectivity index (χ4n) is 2.78. The van der Waals surface area contributed by atoms with Crippen LogP contribution in [0.4, 0.5) is 11.5 Å². The highest BCUT2D eigenvalue weighted by atomic mass is 35.5. The molecule has 0 spiro atoms. The van der Waals surface area contributed by atoms with Crippen molar-refractivity contribution in [3.8, 4) is 0 Å². The second-order valence-electron chi connectivity index (χ2n) is 5.70. The number of nitrogens with one attached hydrogen (secondary N) is 1. The number of hydrogen-bond acceptors (Lipinski definition) is 6. The zero-order chi connectivity index (χ0) is 18.1. The van der Waals surface area contributed by atoms with Crippen LogP contribution in [0.15, 0.2) is 51.9 Å². The fourth-order valence-corrected chi connectivity index (χ4v) is 2.90. The number of fused-ring (bicyclic) bond motifs is 2. The van der Waals surface area contributed by atoms with Gasteiger partial charge in [-0.05, 0) is 30.3 Å². The van der Waals surface area contributed by atoms with Crippen molar-refractivity contribution >= 4 is 45.1 Å². The van der Waals surface area contributed by atoms with Crippen molar-refractivity contribution in [2.45, 2.75) is 6.54 Å². The van der Waals surface area contributed by atoms with E-state index in [1.54, 1.807) is 25.3 Å². The molecule has 4 rings (SSSR count). The van der Waals surface area contributed by atoms with Crippen LogP contribution < -0.4 is 11.1 Å². The van der Waals surface area contributed by atoms with Crippen LogP contribution in [0.5, 0.6) is 0 Å². The predicted molar refractivity (Wildman–Crippen MR) is 100 cm³/mol. The van der Waals surface area contributed by atoms with Gasteiger partial charge in [0.15, 0.2) is 5.58 Å². The molecule has 2 aromatic carbocycles. The molecule has 2 aromatic heterocycles. The molecule has 4 aromatic rings. The number of oxazole rings is 1. The number of anilines is 2. The molecule has 0 amide bonds. The summed E-state index contributed by atoms with van der Waals surface area (Å²) < 4.78 is 11.9. The van der Waals surface area contributed by atoms with Crippen molar-refractivity contribution in [2.24, 2.45) is 0 Å². The molecule has 7 nitrogen and oxygen atoms in total. The van der Waals surface area contributed by atoms with E-state index in [1.807, 2.05) is 18.2 Å². The SMILES string of the molecule is COCCn1c(=O)oc2cc3ncnc(Nc4ccc(Cl)cc4)c3cc21. The summed E-state index contributed by atoms with van der Waals surface area (Å²) in [6.45, 7) is 0.815. The zero-order valence-electron chi connectivity index (χ0n) is 13.9. The molecule has 26 heavy (non-hydrogen) atoms. The highest BCUT2D eigenvalue weighted by Gasteiger charge is 2.13. The molecule has 0 radical (unpaired) electrons. The topological polar surface area (TPSA) is 82.2 Å². The molecule has 1 N–H and O–H groups in total. The Morgan fingerprint density at radius 1 is 1.23 bits per heavy atom. The molecule has 2 heterocycles. The molecular weight excluding hydrogens is 356 g/mol. The summed E-state index contributed by atoms with van der Waals surface area (Å²) in [5, 5.41) is 4.69. The number of halogens is 1. The van der Waals surface area contributed by atoms with Crippen molar-refractivity contribution in [1.82, 2.24) is 14.5 Å². The first kappa shape index (κ1) is 16.6. The largest absolute Gasteiger partial charge is 0.420 e. The minimum absolute atomic E-state index is 0.404. The van der Waals surface area contributed by atoms with Gasteiger partial charge in [-0.3, -0.25) is 4.57 Å². The zero-order valence-corrected chi connectivity index (χ0v) is 14.7. The van der Waals surface area contributed by atoms with Gasteiger partial charge in [-0.25, -0.2) is 14.8 Å². The van der Waals surface area contributed by atoms with E-state index in [-0.39, 0.29) is 0 Å². The van der Waals surface area contributed by atoms with Gasteiger partial charge in [0.2, 0.25) is 0 Å². The summed E-state index contributed by atoms with van der Waals surface area (Å²) in [6, 6.07) is 10.9. The molecule has 0 saturated heterocycles. The van der Waals surface area contributed by atoms with Crippen LogP contribution in [0.1, 0.15) is 0 Å². The van der Waals surface area contributed by atoms with Crippen LogP contribution in [0.2, 0.25) is 5.02 Å². The lowest BCUT2D eigenvalue weighted by Crippen LogP contribution is -2.16. The maximum absolute atomic E-state index is 12.1. The maximum atomic E-state index is 12.1. The summed E-state index contributed by atoms with van der Waals surface area (Å²) in [5.41, 5.74) is 2.68. The minimum atomic E-state index is -0.424. The van der Waals surface area contributed by atoms with E-state index in [4.69, 9.17) is 20.8 Å². The number of ether oxygens (including phenoxy) is 1. The number of nitrogens with zero attached hydrogens (tertiary/aromatic N) is 3. The van der Waals surface area contributed by atoms with Gasteiger partial charge < -0.3 is 14.5 Å². The molecule has 0 unspecified atom stereocenters. The molecular formula is C18H15ClN4O3. The quantitative estimate of drug-likeness (QED) is 0.578. The summed E-state index contributed by atoms with van der Waals surface area (Å²) in [7, 11) is 1.59. The van der Waals surface area contributed by atoms with E-state index in [1.165, 1.54) is 10.9 Å². The van der Waals surface area contributed by atoms with Crippen LogP contribution in [0, 0.1) is 0 Å². The first-order chi connectivity index (χ1) is 12.7. The average Bonchev–Trinajstić information content (AvgIpc) is 2.94. The van der Waals surface area contributed by atoms with Gasteiger partial charge in [0.05, 0.1) is 24.2 Å². The highest BCUT2D eigenvalue weighted by molar-refractivity contribution is 6.30. The Hall–Kier alpha value is -2.90. The Bertz CT molecular complexity index is 1140. The van der Waals surface area contributed by atoms with Crippen molar-refractivity contribution in [1.29, 1.82) is 0 Å². The normalized spacial score (nSPS) is 11.3. The van der Waals surface area contributed by atoms with E-state index >= 15 is 0 Å². The second kappa shape index (κ2) is 6.78. The van der Waals surface area contributed by atoms with Crippen molar-refractivity contribution < 1.29 is 9.15 Å². The van der Waals surface area contributed by atoms with E-state index < -0.39 is 5.76 Å². The van der Waals surface area contributed by atoms with Crippen LogP contribution in [0.3, 0.4) is 0 Å². The second-order valence-corrected chi connectivity index (χ2v) is 6.14. The Kier molecular flexibility index (Phi) is 4.32. The maximum Gasteiger partial charge on any atom is 0.420 e. The number of hydrogen-bond donors (Lipinski definition) is 1. The average molecular weight is 371 g/mol. The van der Waals surface area contributed by atoms with Crippen molar-refractivity contribution in [3.05, 3.63) is 58.3 Å². The molecule has 0 atom stereocenters. The molecule has 0 aliphatic rings. The number of rotatable bonds is 5. The Labute approximate surface area is 153 Å². The van der Waals surface area contributed by atoms with E-state index in [0.717, 1.165) is 11.1 Å². The number of aromatic nitrogens is 3. The highest BCUT2D eigenvalue weighted by Crippen LogP contribution is 2.27. The molecule has 0 bridgehead atoms. The minimum Gasteiger partial charge on any atom is -0.408 e. The molecule has 132 valence electrons. The van der Waals surface area contributed by atoms with Gasteiger partial charge >= 0.3 is 5.76 Å². The van der Waals surface area contributed by atoms with Crippen LogP contribution in [0.25, 0.3) is 22.0 Å². The molecule has 8 heteroatoms. The van der Waals surface area contributed by atoms with Crippen molar-refractivity contribution in [2.75, 3.05) is 19.0 Å². The van der Waals surface area contributed by atoms with E-state index in [9.17, 15) is 4.79 Å². The summed E-state index contributed by atoms with van der Waals surface area (Å²) >= 11 is 5.93. The lowest BCUT2D eigenvalue weighted by molar-refractivity contribution is 0.186. The van der Waals surface area contributed by atoms with Gasteiger partial charge in [-0.1, -0.05) is 11.6 Å².